The summed E-state index contributed by atoms with van der Waals surface area (Å²) < 4.78 is 15.9. The monoisotopic (exact) mass is 299 g/mol. The predicted octanol–water partition coefficient (Wildman–Crippen LogP) is 1.47. The number of nitrogens with zero attached hydrogens (tertiary/aromatic N) is 1. The van der Waals surface area contributed by atoms with Gasteiger partial charge in [-0.05, 0) is 18.6 Å². The number of rotatable bonds is 8. The van der Waals surface area contributed by atoms with Gasteiger partial charge in [0.25, 0.3) is 0 Å². The van der Waals surface area contributed by atoms with Crippen molar-refractivity contribution in [3.8, 4) is 0 Å². The van der Waals surface area contributed by atoms with Crippen molar-refractivity contribution in [3.05, 3.63) is 24.5 Å². The fourth-order valence-corrected chi connectivity index (χ4v) is 3.40. The van der Waals surface area contributed by atoms with E-state index in [4.69, 9.17) is 13.3 Å². The molecule has 0 fully saturated rings. The highest BCUT2D eigenvalue weighted by Crippen LogP contribution is 2.14. The minimum atomic E-state index is -2.54. The van der Waals surface area contributed by atoms with Crippen molar-refractivity contribution >= 4 is 20.5 Å². The van der Waals surface area contributed by atoms with Crippen LogP contribution in [-0.4, -0.2) is 47.7 Å². The molecule has 0 aliphatic heterocycles. The molecule has 1 aromatic rings. The maximum atomic E-state index is 11.6. The van der Waals surface area contributed by atoms with E-state index >= 15 is 0 Å². The van der Waals surface area contributed by atoms with Crippen LogP contribution in [0, 0.1) is 0 Å². The molecular weight excluding hydrogens is 278 g/mol. The zero-order chi connectivity index (χ0) is 14.8. The first kappa shape index (κ1) is 16.6. The number of aromatic nitrogens is 1. The molecule has 1 rings (SSSR count). The Hall–Kier alpha value is -1.48. The second-order valence-corrected chi connectivity index (χ2v) is 7.11. The molecule has 0 aliphatic rings. The standard InChI is InChI=1S/C12H21N3O4Si/c1-17-20(18-2,19-3)10-4-7-14-12(16)15-11-5-8-13-9-6-11/h5-6,8-9H,4,7,10H2,1-3H3,(H2,13,14,15,16). The van der Waals surface area contributed by atoms with Crippen molar-refractivity contribution in [2.45, 2.75) is 12.5 Å². The molecule has 0 saturated heterocycles. The Labute approximate surface area is 120 Å². The van der Waals surface area contributed by atoms with Gasteiger partial charge in [-0.2, -0.15) is 0 Å². The second kappa shape index (κ2) is 8.64. The maximum Gasteiger partial charge on any atom is 0.500 e. The van der Waals surface area contributed by atoms with Crippen molar-refractivity contribution in [3.63, 3.8) is 0 Å². The van der Waals surface area contributed by atoms with Crippen LogP contribution in [0.25, 0.3) is 0 Å². The Kier molecular flexibility index (Phi) is 7.16. The van der Waals surface area contributed by atoms with Gasteiger partial charge in [0.15, 0.2) is 0 Å². The van der Waals surface area contributed by atoms with Crippen LogP contribution in [0.3, 0.4) is 0 Å². The summed E-state index contributed by atoms with van der Waals surface area (Å²) in [6.07, 6.45) is 3.95. The Morgan fingerprint density at radius 3 is 2.35 bits per heavy atom. The number of amides is 2. The summed E-state index contributed by atoms with van der Waals surface area (Å²) in [5.74, 6) is 0. The smallest absolute Gasteiger partial charge is 0.377 e. The topological polar surface area (TPSA) is 81.7 Å². The van der Waals surface area contributed by atoms with Gasteiger partial charge in [0.2, 0.25) is 0 Å². The molecule has 0 aliphatic carbocycles. The third-order valence-corrected chi connectivity index (χ3v) is 5.65. The van der Waals surface area contributed by atoms with E-state index in [0.717, 1.165) is 0 Å². The van der Waals surface area contributed by atoms with Crippen molar-refractivity contribution in [2.75, 3.05) is 33.2 Å². The van der Waals surface area contributed by atoms with Crippen molar-refractivity contribution < 1.29 is 18.1 Å². The van der Waals surface area contributed by atoms with E-state index < -0.39 is 8.80 Å². The fourth-order valence-electron chi connectivity index (χ4n) is 1.67. The first-order valence-corrected chi connectivity index (χ1v) is 8.19. The van der Waals surface area contributed by atoms with Crippen LogP contribution in [-0.2, 0) is 13.3 Å². The van der Waals surface area contributed by atoms with Crippen LogP contribution in [0.5, 0.6) is 0 Å². The molecule has 20 heavy (non-hydrogen) atoms. The third kappa shape index (κ3) is 5.25. The summed E-state index contributed by atoms with van der Waals surface area (Å²) >= 11 is 0. The van der Waals surface area contributed by atoms with E-state index in [1.54, 1.807) is 45.9 Å². The molecule has 0 saturated carbocycles. The summed E-state index contributed by atoms with van der Waals surface area (Å²) in [6, 6.07) is 3.83. The number of hydrogen-bond donors (Lipinski definition) is 2. The minimum absolute atomic E-state index is 0.254. The van der Waals surface area contributed by atoms with Crippen LogP contribution in [0.4, 0.5) is 10.5 Å². The highest BCUT2D eigenvalue weighted by Gasteiger charge is 2.36. The molecule has 2 amide bonds. The molecule has 0 spiro atoms. The number of carbonyl (C=O) groups is 1. The normalized spacial score (nSPS) is 11.2. The number of nitrogens with one attached hydrogen (secondary N) is 2. The molecular formula is C12H21N3O4Si. The number of urea groups is 1. The van der Waals surface area contributed by atoms with E-state index in [1.807, 2.05) is 0 Å². The van der Waals surface area contributed by atoms with E-state index in [2.05, 4.69) is 15.6 Å². The van der Waals surface area contributed by atoms with Gasteiger partial charge < -0.3 is 23.9 Å². The highest BCUT2D eigenvalue weighted by atomic mass is 28.4. The van der Waals surface area contributed by atoms with Gasteiger partial charge >= 0.3 is 14.8 Å². The summed E-state index contributed by atoms with van der Waals surface area (Å²) in [4.78, 5) is 15.5. The highest BCUT2D eigenvalue weighted by molar-refractivity contribution is 6.60. The zero-order valence-corrected chi connectivity index (χ0v) is 13.0. The van der Waals surface area contributed by atoms with E-state index in [0.29, 0.717) is 24.7 Å². The molecule has 0 bridgehead atoms. The van der Waals surface area contributed by atoms with Crippen molar-refractivity contribution in [1.82, 2.24) is 10.3 Å². The number of pyridine rings is 1. The van der Waals surface area contributed by atoms with Crippen LogP contribution in [0.1, 0.15) is 6.42 Å². The van der Waals surface area contributed by atoms with Gasteiger partial charge in [0, 0.05) is 52.0 Å². The largest absolute Gasteiger partial charge is 0.500 e. The molecule has 8 heteroatoms. The lowest BCUT2D eigenvalue weighted by Crippen LogP contribution is -2.43. The van der Waals surface area contributed by atoms with Crippen LogP contribution < -0.4 is 10.6 Å². The molecule has 1 heterocycles. The molecule has 0 atom stereocenters. The lowest BCUT2D eigenvalue weighted by atomic mass is 10.4. The van der Waals surface area contributed by atoms with E-state index in [-0.39, 0.29) is 6.03 Å². The summed E-state index contributed by atoms with van der Waals surface area (Å²) in [7, 11) is 2.17. The number of anilines is 1. The second-order valence-electron chi connectivity index (χ2n) is 4.02. The van der Waals surface area contributed by atoms with Gasteiger partial charge in [0.05, 0.1) is 0 Å². The zero-order valence-electron chi connectivity index (χ0n) is 12.0. The minimum Gasteiger partial charge on any atom is -0.377 e. The predicted molar refractivity (Wildman–Crippen MR) is 77.5 cm³/mol. The first-order chi connectivity index (χ1) is 9.65. The van der Waals surface area contributed by atoms with Crippen molar-refractivity contribution in [2.24, 2.45) is 0 Å². The quantitative estimate of drug-likeness (QED) is 0.561. The van der Waals surface area contributed by atoms with Gasteiger partial charge in [-0.1, -0.05) is 0 Å². The average molecular weight is 299 g/mol. The first-order valence-electron chi connectivity index (χ1n) is 6.26. The fraction of sp³-hybridized carbons (Fsp3) is 0.500. The molecule has 0 unspecified atom stereocenters. The molecule has 0 radical (unpaired) electrons. The van der Waals surface area contributed by atoms with Crippen LogP contribution in [0.15, 0.2) is 24.5 Å². The summed E-state index contributed by atoms with van der Waals surface area (Å²) in [5.41, 5.74) is 0.701. The van der Waals surface area contributed by atoms with E-state index in [1.165, 1.54) is 0 Å². The SMILES string of the molecule is CO[Si](CCCNC(=O)Nc1ccncc1)(OC)OC. The lowest BCUT2D eigenvalue weighted by molar-refractivity contribution is 0.123. The summed E-state index contributed by atoms with van der Waals surface area (Å²) in [6.45, 7) is 0.516. The molecule has 7 nitrogen and oxygen atoms in total. The van der Waals surface area contributed by atoms with Crippen LogP contribution >= 0.6 is 0 Å². The van der Waals surface area contributed by atoms with Gasteiger partial charge in [0.1, 0.15) is 0 Å². The lowest BCUT2D eigenvalue weighted by Gasteiger charge is -2.24. The molecule has 1 aromatic heterocycles. The van der Waals surface area contributed by atoms with Gasteiger partial charge in [-0.3, -0.25) is 4.98 Å². The number of hydrogen-bond acceptors (Lipinski definition) is 5. The molecule has 112 valence electrons. The van der Waals surface area contributed by atoms with E-state index in [9.17, 15) is 4.79 Å². The molecule has 0 aromatic carbocycles. The summed E-state index contributed by atoms with van der Waals surface area (Å²) in [5, 5.41) is 5.47. The Balaban J connectivity index is 2.25. The van der Waals surface area contributed by atoms with Gasteiger partial charge in [-0.25, -0.2) is 4.79 Å². The Bertz CT molecular complexity index is 393. The maximum absolute atomic E-state index is 11.6. The van der Waals surface area contributed by atoms with Crippen LogP contribution in [0.2, 0.25) is 6.04 Å². The Morgan fingerprint density at radius 2 is 1.80 bits per heavy atom. The van der Waals surface area contributed by atoms with Crippen molar-refractivity contribution in [1.29, 1.82) is 0 Å². The average Bonchev–Trinajstić information content (AvgIpc) is 2.49. The number of carbonyl (C=O) groups excluding carboxylic acids is 1. The third-order valence-electron chi connectivity index (χ3n) is 2.82. The molecule has 2 N–H and O–H groups in total. The van der Waals surface area contributed by atoms with Gasteiger partial charge in [-0.15, -0.1) is 0 Å². The Morgan fingerprint density at radius 1 is 1.20 bits per heavy atom.